The Bertz CT molecular complexity index is 127. The van der Waals surface area contributed by atoms with Crippen LogP contribution in [0.4, 0.5) is 0 Å². The van der Waals surface area contributed by atoms with E-state index in [1.807, 2.05) is 5.16 Å². The zero-order valence-electron chi connectivity index (χ0n) is 3.92. The van der Waals surface area contributed by atoms with Crippen LogP contribution < -0.4 is 5.43 Å². The predicted molar refractivity (Wildman–Crippen MR) is 30.7 cm³/mol. The fourth-order valence-corrected chi connectivity index (χ4v) is 0.204. The number of carbonyl (C=O) groups is 1. The minimum absolute atomic E-state index is 0.219. The molecule has 0 saturated heterocycles. The number of hydrazone groups is 1. The van der Waals surface area contributed by atoms with Crippen LogP contribution in [0.25, 0.3) is 0 Å². The smallest absolute Gasteiger partial charge is 0.324 e. The highest BCUT2D eigenvalue weighted by Gasteiger charge is 1.88. The molecule has 0 radical (unpaired) electrons. The lowest BCUT2D eigenvalue weighted by atomic mass is 10.7. The molecule has 8 heavy (non-hydrogen) atoms. The number of hydrogen-bond donors (Lipinski definition) is 2. The van der Waals surface area contributed by atoms with Gasteiger partial charge in [0.05, 0.1) is 5.16 Å². The molecule has 0 aromatic rings. The van der Waals surface area contributed by atoms with Crippen LogP contribution >= 0.6 is 12.2 Å². The Kier molecular flexibility index (Phi) is 3.74. The summed E-state index contributed by atoms with van der Waals surface area (Å²) >= 11 is 4.13. The molecule has 0 fully saturated rings. The highest BCUT2D eigenvalue weighted by molar-refractivity contribution is 7.78. The minimum Gasteiger partial charge on any atom is -0.480 e. The Balaban J connectivity index is 3.18. The van der Waals surface area contributed by atoms with Crippen LogP contribution in [0, 0.1) is 0 Å². The number of hydrogen-bond acceptors (Lipinski definition) is 4. The second-order valence-corrected chi connectivity index (χ2v) is 1.11. The number of carboxylic acids is 1. The van der Waals surface area contributed by atoms with Crippen molar-refractivity contribution in [2.24, 2.45) is 5.10 Å². The molecule has 0 heterocycles. The highest BCUT2D eigenvalue weighted by Crippen LogP contribution is 1.57. The van der Waals surface area contributed by atoms with E-state index in [-0.39, 0.29) is 6.54 Å². The molecule has 0 aromatic carbocycles. The fraction of sp³-hybridized carbons (Fsp3) is 0.333. The Labute approximate surface area is 51.2 Å². The highest BCUT2D eigenvalue weighted by atomic mass is 32.1. The van der Waals surface area contributed by atoms with E-state index in [0.29, 0.717) is 0 Å². The normalized spacial score (nSPS) is 7.00. The lowest BCUT2D eigenvalue weighted by molar-refractivity contribution is -0.135. The first-order valence-electron chi connectivity index (χ1n) is 1.79. The quantitative estimate of drug-likeness (QED) is 0.314. The van der Waals surface area contributed by atoms with Gasteiger partial charge in [0.2, 0.25) is 0 Å². The van der Waals surface area contributed by atoms with Crippen LogP contribution in [0.2, 0.25) is 0 Å². The van der Waals surface area contributed by atoms with Gasteiger partial charge in [0.15, 0.2) is 0 Å². The molecular weight excluding hydrogens is 128 g/mol. The number of nitrogens with zero attached hydrogens (tertiary/aromatic N) is 1. The number of nitrogens with one attached hydrogen (secondary N) is 1. The summed E-state index contributed by atoms with van der Waals surface area (Å²) in [6, 6.07) is 0. The summed E-state index contributed by atoms with van der Waals surface area (Å²) in [6.45, 7) is -0.219. The van der Waals surface area contributed by atoms with Gasteiger partial charge in [0, 0.05) is 0 Å². The van der Waals surface area contributed by atoms with E-state index >= 15 is 0 Å². The van der Waals surface area contributed by atoms with Crippen molar-refractivity contribution >= 4 is 23.3 Å². The van der Waals surface area contributed by atoms with E-state index < -0.39 is 5.97 Å². The van der Waals surface area contributed by atoms with Gasteiger partial charge in [-0.15, -0.1) is 5.10 Å². The van der Waals surface area contributed by atoms with Gasteiger partial charge in [-0.05, 0) is 12.2 Å². The van der Waals surface area contributed by atoms with Crippen LogP contribution in [0.1, 0.15) is 0 Å². The van der Waals surface area contributed by atoms with Crippen LogP contribution in [-0.2, 0) is 4.79 Å². The van der Waals surface area contributed by atoms with E-state index in [4.69, 9.17) is 5.11 Å². The second-order valence-electron chi connectivity index (χ2n) is 0.932. The van der Waals surface area contributed by atoms with Gasteiger partial charge in [-0.25, -0.2) is 0 Å². The Morgan fingerprint density at radius 3 is 3.00 bits per heavy atom. The maximum Gasteiger partial charge on any atom is 0.324 e. The molecule has 0 bridgehead atoms. The Morgan fingerprint density at radius 2 is 2.62 bits per heavy atom. The third-order valence-electron chi connectivity index (χ3n) is 0.355. The Morgan fingerprint density at radius 1 is 2.00 bits per heavy atom. The van der Waals surface area contributed by atoms with E-state index in [9.17, 15) is 4.79 Å². The summed E-state index contributed by atoms with van der Waals surface area (Å²) in [7, 11) is 0. The first kappa shape index (κ1) is 7.07. The fourth-order valence-electron chi connectivity index (χ4n) is 0.139. The monoisotopic (exact) mass is 132 g/mol. The molecule has 0 aliphatic carbocycles. The molecule has 0 unspecified atom stereocenters. The van der Waals surface area contributed by atoms with Gasteiger partial charge < -0.3 is 5.11 Å². The van der Waals surface area contributed by atoms with Crippen molar-refractivity contribution in [2.75, 3.05) is 6.54 Å². The Hall–Kier alpha value is -0.930. The zero-order valence-corrected chi connectivity index (χ0v) is 4.73. The number of thiocarbonyl (C=S) groups is 1. The van der Waals surface area contributed by atoms with Crippen LogP contribution in [-0.4, -0.2) is 22.8 Å². The molecule has 44 valence electrons. The SMILES string of the molecule is O=C(O)CNN=C=S. The topological polar surface area (TPSA) is 61.7 Å². The molecule has 0 spiro atoms. The average Bonchev–Trinajstić information content (AvgIpc) is 1.66. The van der Waals surface area contributed by atoms with Gasteiger partial charge in [-0.3, -0.25) is 10.2 Å². The number of aliphatic carboxylic acids is 1. The molecule has 5 heteroatoms. The number of isothiocyanates is 1. The molecule has 0 saturated carbocycles. The van der Waals surface area contributed by atoms with E-state index in [2.05, 4.69) is 22.7 Å². The zero-order chi connectivity index (χ0) is 6.41. The molecule has 0 aliphatic rings. The van der Waals surface area contributed by atoms with Gasteiger partial charge in [-0.1, -0.05) is 0 Å². The predicted octanol–water partition coefficient (Wildman–Crippen LogP) is -0.322. The van der Waals surface area contributed by atoms with E-state index in [0.717, 1.165) is 0 Å². The second kappa shape index (κ2) is 4.23. The van der Waals surface area contributed by atoms with E-state index in [1.165, 1.54) is 0 Å². The van der Waals surface area contributed by atoms with Crippen molar-refractivity contribution in [3.63, 3.8) is 0 Å². The molecule has 0 atom stereocenters. The third-order valence-corrected chi connectivity index (χ3v) is 0.446. The first-order chi connectivity index (χ1) is 3.77. The number of carboxylic acid groups (broad SMARTS) is 1. The van der Waals surface area contributed by atoms with Crippen molar-refractivity contribution in [3.8, 4) is 0 Å². The summed E-state index contributed by atoms with van der Waals surface area (Å²) in [5.41, 5.74) is 2.14. The maximum atomic E-state index is 9.69. The average molecular weight is 132 g/mol. The van der Waals surface area contributed by atoms with Gasteiger partial charge in [0.1, 0.15) is 6.54 Å². The minimum atomic E-state index is -0.973. The molecule has 2 N–H and O–H groups in total. The van der Waals surface area contributed by atoms with E-state index in [1.54, 1.807) is 0 Å². The van der Waals surface area contributed by atoms with Crippen molar-refractivity contribution in [2.45, 2.75) is 0 Å². The molecular formula is C3H4N2O2S. The lowest BCUT2D eigenvalue weighted by Gasteiger charge is -1.86. The summed E-state index contributed by atoms with van der Waals surface area (Å²) < 4.78 is 0. The number of rotatable bonds is 3. The van der Waals surface area contributed by atoms with Gasteiger partial charge in [0.25, 0.3) is 0 Å². The largest absolute Gasteiger partial charge is 0.480 e. The van der Waals surface area contributed by atoms with Crippen LogP contribution in [0.3, 0.4) is 0 Å². The summed E-state index contributed by atoms with van der Waals surface area (Å²) in [5, 5.41) is 13.1. The third kappa shape index (κ3) is 5.07. The summed E-state index contributed by atoms with van der Waals surface area (Å²) in [5.74, 6) is -0.973. The summed E-state index contributed by atoms with van der Waals surface area (Å²) in [4.78, 5) is 9.69. The van der Waals surface area contributed by atoms with Gasteiger partial charge >= 0.3 is 5.97 Å². The molecule has 0 rings (SSSR count). The summed E-state index contributed by atoms with van der Waals surface area (Å²) in [6.07, 6.45) is 0. The lowest BCUT2D eigenvalue weighted by Crippen LogP contribution is -2.16. The van der Waals surface area contributed by atoms with Crippen molar-refractivity contribution in [1.82, 2.24) is 5.43 Å². The molecule has 0 aliphatic heterocycles. The van der Waals surface area contributed by atoms with Crippen LogP contribution in [0.15, 0.2) is 5.10 Å². The van der Waals surface area contributed by atoms with Crippen molar-refractivity contribution in [3.05, 3.63) is 0 Å². The first-order valence-corrected chi connectivity index (χ1v) is 2.19. The standard InChI is InChI=1S/C3H4N2O2S/c6-3(7)1-4-5-2-8/h4H,1H2,(H,6,7). The molecule has 0 amide bonds. The van der Waals surface area contributed by atoms with Crippen molar-refractivity contribution in [1.29, 1.82) is 0 Å². The molecule has 4 nitrogen and oxygen atoms in total. The van der Waals surface area contributed by atoms with Crippen LogP contribution in [0.5, 0.6) is 0 Å². The maximum absolute atomic E-state index is 9.69. The van der Waals surface area contributed by atoms with Gasteiger partial charge in [-0.2, -0.15) is 0 Å². The van der Waals surface area contributed by atoms with Crippen molar-refractivity contribution < 1.29 is 9.90 Å². The molecule has 0 aromatic heterocycles.